The Kier molecular flexibility index (Phi) is 2.41. The van der Waals surface area contributed by atoms with Crippen molar-refractivity contribution in [3.8, 4) is 0 Å². The van der Waals surface area contributed by atoms with Crippen LogP contribution in [0.3, 0.4) is 0 Å². The van der Waals surface area contributed by atoms with Crippen LogP contribution >= 0.6 is 0 Å². The fourth-order valence-corrected chi connectivity index (χ4v) is 1.27. The molecule has 0 saturated carbocycles. The number of ether oxygens (including phenoxy) is 2. The van der Waals surface area contributed by atoms with Gasteiger partial charge in [0.25, 0.3) is 0 Å². The molecule has 0 radical (unpaired) electrons. The summed E-state index contributed by atoms with van der Waals surface area (Å²) in [7, 11) is 1.48. The summed E-state index contributed by atoms with van der Waals surface area (Å²) < 4.78 is 9.91. The minimum absolute atomic E-state index is 0.151. The summed E-state index contributed by atoms with van der Waals surface area (Å²) in [4.78, 5) is 0. The second-order valence-corrected chi connectivity index (χ2v) is 3.16. The van der Waals surface area contributed by atoms with Crippen molar-refractivity contribution in [3.05, 3.63) is 12.3 Å². The number of rotatable bonds is 1. The molecule has 0 amide bonds. The Balaban J connectivity index is 2.79. The van der Waals surface area contributed by atoms with Gasteiger partial charge in [-0.05, 0) is 6.92 Å². The number of hydrogen-bond donors (Lipinski definition) is 2. The molecule has 1 unspecified atom stereocenters. The Morgan fingerprint density at radius 2 is 2.25 bits per heavy atom. The van der Waals surface area contributed by atoms with Crippen LogP contribution < -0.4 is 0 Å². The first-order chi connectivity index (χ1) is 5.49. The van der Waals surface area contributed by atoms with Gasteiger partial charge < -0.3 is 19.7 Å². The van der Waals surface area contributed by atoms with Crippen molar-refractivity contribution in [2.45, 2.75) is 31.3 Å². The highest BCUT2D eigenvalue weighted by atomic mass is 16.6. The Morgan fingerprint density at radius 1 is 1.67 bits per heavy atom. The molecular weight excluding hydrogens is 160 g/mol. The van der Waals surface area contributed by atoms with Gasteiger partial charge in [0.15, 0.2) is 6.29 Å². The number of hydrogen-bond acceptors (Lipinski definition) is 4. The van der Waals surface area contributed by atoms with Crippen LogP contribution in [-0.2, 0) is 9.47 Å². The SMILES string of the molecule is C=C1OC(O)C[C@@](C)(OC)[C@H]1O. The first-order valence-electron chi connectivity index (χ1n) is 3.76. The third-order valence-corrected chi connectivity index (χ3v) is 2.22. The normalized spacial score (nSPS) is 42.5. The molecule has 0 bridgehead atoms. The van der Waals surface area contributed by atoms with Crippen molar-refractivity contribution in [1.29, 1.82) is 0 Å². The van der Waals surface area contributed by atoms with Crippen molar-refractivity contribution in [2.75, 3.05) is 7.11 Å². The van der Waals surface area contributed by atoms with Gasteiger partial charge in [0.2, 0.25) is 0 Å². The lowest BCUT2D eigenvalue weighted by Crippen LogP contribution is -2.50. The summed E-state index contributed by atoms with van der Waals surface area (Å²) >= 11 is 0. The summed E-state index contributed by atoms with van der Waals surface area (Å²) in [6.07, 6.45) is -1.58. The second-order valence-electron chi connectivity index (χ2n) is 3.16. The van der Waals surface area contributed by atoms with Crippen molar-refractivity contribution in [2.24, 2.45) is 0 Å². The molecule has 2 N–H and O–H groups in total. The molecule has 1 rings (SSSR count). The van der Waals surface area contributed by atoms with Gasteiger partial charge in [0.05, 0.1) is 0 Å². The molecule has 0 aromatic carbocycles. The van der Waals surface area contributed by atoms with Gasteiger partial charge in [-0.1, -0.05) is 6.58 Å². The summed E-state index contributed by atoms with van der Waals surface area (Å²) in [6.45, 7) is 5.18. The third kappa shape index (κ3) is 1.46. The molecule has 4 heteroatoms. The minimum Gasteiger partial charge on any atom is -0.467 e. The molecule has 0 spiro atoms. The molecular formula is C8H14O4. The molecule has 12 heavy (non-hydrogen) atoms. The maximum Gasteiger partial charge on any atom is 0.199 e. The predicted octanol–water partition coefficient (Wildman–Crippen LogP) is 0.00480. The fourth-order valence-electron chi connectivity index (χ4n) is 1.27. The van der Waals surface area contributed by atoms with Gasteiger partial charge in [-0.15, -0.1) is 0 Å². The number of methoxy groups -OCH3 is 1. The van der Waals surface area contributed by atoms with E-state index in [4.69, 9.17) is 9.47 Å². The van der Waals surface area contributed by atoms with Crippen molar-refractivity contribution in [1.82, 2.24) is 0 Å². The highest BCUT2D eigenvalue weighted by Gasteiger charge is 2.42. The largest absolute Gasteiger partial charge is 0.467 e. The number of aliphatic hydroxyl groups excluding tert-OH is 2. The summed E-state index contributed by atoms with van der Waals surface area (Å²) in [5.41, 5.74) is -0.797. The monoisotopic (exact) mass is 174 g/mol. The van der Waals surface area contributed by atoms with Gasteiger partial charge in [0, 0.05) is 13.5 Å². The molecule has 1 aliphatic heterocycles. The van der Waals surface area contributed by atoms with Crippen molar-refractivity contribution < 1.29 is 19.7 Å². The zero-order chi connectivity index (χ0) is 9.35. The molecule has 1 heterocycles. The van der Waals surface area contributed by atoms with Crippen LogP contribution in [0.5, 0.6) is 0 Å². The van der Waals surface area contributed by atoms with Gasteiger partial charge in [-0.3, -0.25) is 0 Å². The average Bonchev–Trinajstić information content (AvgIpc) is 2.00. The van der Waals surface area contributed by atoms with E-state index >= 15 is 0 Å². The van der Waals surface area contributed by atoms with E-state index in [9.17, 15) is 10.2 Å². The predicted molar refractivity (Wildman–Crippen MR) is 42.3 cm³/mol. The Morgan fingerprint density at radius 3 is 2.75 bits per heavy atom. The molecule has 70 valence electrons. The molecule has 1 aliphatic rings. The van der Waals surface area contributed by atoms with Crippen molar-refractivity contribution >= 4 is 0 Å². The lowest BCUT2D eigenvalue weighted by Gasteiger charge is -2.40. The lowest BCUT2D eigenvalue weighted by molar-refractivity contribution is -0.204. The van der Waals surface area contributed by atoms with E-state index in [1.807, 2.05) is 0 Å². The molecule has 0 aromatic rings. The minimum atomic E-state index is -0.939. The molecule has 1 fully saturated rings. The van der Waals surface area contributed by atoms with E-state index in [-0.39, 0.29) is 12.2 Å². The summed E-state index contributed by atoms with van der Waals surface area (Å²) in [5.74, 6) is 0.151. The Labute approximate surface area is 71.4 Å². The lowest BCUT2D eigenvalue weighted by atomic mass is 9.91. The van der Waals surface area contributed by atoms with E-state index < -0.39 is 18.0 Å². The highest BCUT2D eigenvalue weighted by Crippen LogP contribution is 2.31. The molecule has 1 saturated heterocycles. The van der Waals surface area contributed by atoms with E-state index in [0.29, 0.717) is 0 Å². The summed E-state index contributed by atoms with van der Waals surface area (Å²) in [6, 6.07) is 0. The third-order valence-electron chi connectivity index (χ3n) is 2.22. The van der Waals surface area contributed by atoms with Crippen LogP contribution in [0.2, 0.25) is 0 Å². The number of aliphatic hydroxyl groups is 2. The van der Waals surface area contributed by atoms with Crippen LogP contribution in [0.25, 0.3) is 0 Å². The van der Waals surface area contributed by atoms with Crippen LogP contribution in [0.4, 0.5) is 0 Å². The maximum atomic E-state index is 9.55. The first kappa shape index (κ1) is 9.51. The fraction of sp³-hybridized carbons (Fsp3) is 0.750. The zero-order valence-electron chi connectivity index (χ0n) is 7.28. The molecule has 4 nitrogen and oxygen atoms in total. The zero-order valence-corrected chi connectivity index (χ0v) is 7.28. The van der Waals surface area contributed by atoms with E-state index in [2.05, 4.69) is 6.58 Å². The molecule has 3 atom stereocenters. The van der Waals surface area contributed by atoms with Crippen LogP contribution in [-0.4, -0.2) is 35.3 Å². The van der Waals surface area contributed by atoms with E-state index in [1.165, 1.54) is 7.11 Å². The Bertz CT molecular complexity index is 191. The van der Waals surface area contributed by atoms with E-state index in [0.717, 1.165) is 0 Å². The topological polar surface area (TPSA) is 58.9 Å². The second kappa shape index (κ2) is 3.05. The first-order valence-corrected chi connectivity index (χ1v) is 3.76. The highest BCUT2D eigenvalue weighted by molar-refractivity contribution is 5.06. The summed E-state index contributed by atoms with van der Waals surface area (Å²) in [5, 5.41) is 18.7. The smallest absolute Gasteiger partial charge is 0.199 e. The van der Waals surface area contributed by atoms with Gasteiger partial charge in [-0.25, -0.2) is 0 Å². The Hall–Kier alpha value is -0.580. The van der Waals surface area contributed by atoms with Crippen molar-refractivity contribution in [3.63, 3.8) is 0 Å². The van der Waals surface area contributed by atoms with E-state index in [1.54, 1.807) is 6.92 Å². The maximum absolute atomic E-state index is 9.55. The quantitative estimate of drug-likeness (QED) is 0.587. The molecule has 0 aromatic heterocycles. The van der Waals surface area contributed by atoms with Gasteiger partial charge in [0.1, 0.15) is 17.5 Å². The molecule has 0 aliphatic carbocycles. The van der Waals surface area contributed by atoms with Crippen LogP contribution in [0.1, 0.15) is 13.3 Å². The van der Waals surface area contributed by atoms with Crippen LogP contribution in [0, 0.1) is 0 Å². The average molecular weight is 174 g/mol. The van der Waals surface area contributed by atoms with Gasteiger partial charge >= 0.3 is 0 Å². The van der Waals surface area contributed by atoms with Crippen LogP contribution in [0.15, 0.2) is 12.3 Å². The van der Waals surface area contributed by atoms with Gasteiger partial charge in [-0.2, -0.15) is 0 Å². The standard InChI is InChI=1S/C8H14O4/c1-5-7(10)8(2,11-3)4-6(9)12-5/h6-7,9-10H,1,4H2,2-3H3/t6?,7-,8+/m0/s1.